The maximum atomic E-state index is 11.2. The summed E-state index contributed by atoms with van der Waals surface area (Å²) in [5, 5.41) is 15.9. The van der Waals surface area contributed by atoms with Crippen molar-refractivity contribution in [3.63, 3.8) is 0 Å². The molecule has 1 aliphatic heterocycles. The van der Waals surface area contributed by atoms with Crippen molar-refractivity contribution in [1.82, 2.24) is 5.01 Å². The molecular formula is C8H16N4O4. The zero-order valence-corrected chi connectivity index (χ0v) is 9.16. The van der Waals surface area contributed by atoms with E-state index >= 15 is 0 Å². The minimum absolute atomic E-state index is 0.368. The molecule has 0 unspecified atom stereocenters. The molecule has 0 radical (unpaired) electrons. The smallest absolute Gasteiger partial charge is 0.325 e. The van der Waals surface area contributed by atoms with Crippen LogP contribution in [0.5, 0.6) is 0 Å². The van der Waals surface area contributed by atoms with E-state index in [0.29, 0.717) is 18.1 Å². The molecule has 0 bridgehead atoms. The van der Waals surface area contributed by atoms with Crippen LogP contribution in [0.3, 0.4) is 0 Å². The average Bonchev–Trinajstić information content (AvgIpc) is 2.76. The van der Waals surface area contributed by atoms with Gasteiger partial charge in [-0.05, 0) is 19.8 Å². The summed E-state index contributed by atoms with van der Waals surface area (Å²) >= 11 is 0. The number of carbonyl (C=O) groups excluding carboxylic acids is 1. The Kier molecular flexibility index (Phi) is 4.77. The summed E-state index contributed by atoms with van der Waals surface area (Å²) in [5.41, 5.74) is 5.24. The molecule has 1 aliphatic rings. The Bertz CT molecular complexity index is 263. The number of nitrogens with two attached hydrogens (primary N) is 1. The Morgan fingerprint density at radius 2 is 2.25 bits per heavy atom. The van der Waals surface area contributed by atoms with Gasteiger partial charge in [0, 0.05) is 0 Å². The van der Waals surface area contributed by atoms with Gasteiger partial charge in [0.15, 0.2) is 0 Å². The number of ether oxygens (including phenoxy) is 1. The lowest BCUT2D eigenvalue weighted by Gasteiger charge is -2.10. The summed E-state index contributed by atoms with van der Waals surface area (Å²) in [6.45, 7) is 2.41. The van der Waals surface area contributed by atoms with Crippen LogP contribution in [0.2, 0.25) is 0 Å². The molecule has 16 heavy (non-hydrogen) atoms. The third-order valence-electron chi connectivity index (χ3n) is 2.08. The number of nitrogens with zero attached hydrogens (tertiary/aromatic N) is 3. The van der Waals surface area contributed by atoms with Crippen LogP contribution >= 0.6 is 0 Å². The molecule has 1 heterocycles. The molecule has 0 aromatic rings. The van der Waals surface area contributed by atoms with Crippen LogP contribution in [0.1, 0.15) is 19.8 Å². The number of rotatable bonds is 5. The third-order valence-corrected chi connectivity index (χ3v) is 2.08. The van der Waals surface area contributed by atoms with Gasteiger partial charge in [-0.3, -0.25) is 4.79 Å². The summed E-state index contributed by atoms with van der Waals surface area (Å²) in [5.74, 6) is -0.603. The fraction of sp³-hybridized carbons (Fsp3) is 0.875. The van der Waals surface area contributed by atoms with E-state index in [-0.39, 0.29) is 0 Å². The summed E-state index contributed by atoms with van der Waals surface area (Å²) in [7, 11) is 0. The number of carbonyl (C=O) groups is 1. The molecule has 1 fully saturated rings. The van der Waals surface area contributed by atoms with Gasteiger partial charge in [0.25, 0.3) is 6.79 Å². The van der Waals surface area contributed by atoms with Gasteiger partial charge in [0.2, 0.25) is 5.28 Å². The fourth-order valence-corrected chi connectivity index (χ4v) is 1.21. The highest BCUT2D eigenvalue weighted by atomic mass is 16.8. The molecule has 0 amide bonds. The Balaban J connectivity index is 2.18. The van der Waals surface area contributed by atoms with Crippen LogP contribution in [-0.4, -0.2) is 41.9 Å². The van der Waals surface area contributed by atoms with Crippen molar-refractivity contribution in [2.24, 2.45) is 11.0 Å². The van der Waals surface area contributed by atoms with Gasteiger partial charge in [0.05, 0.1) is 18.1 Å². The summed E-state index contributed by atoms with van der Waals surface area (Å²) < 4.78 is 4.55. The summed E-state index contributed by atoms with van der Waals surface area (Å²) in [6, 6.07) is -0.717. The molecule has 1 atom stereocenters. The first-order valence-corrected chi connectivity index (χ1v) is 5.08. The Labute approximate surface area is 93.1 Å². The summed E-state index contributed by atoms with van der Waals surface area (Å²) in [6.07, 6.45) is 1.93. The Hall–Kier alpha value is -1.57. The topological polar surface area (TPSA) is 103 Å². The van der Waals surface area contributed by atoms with E-state index in [4.69, 9.17) is 5.73 Å². The van der Waals surface area contributed by atoms with Gasteiger partial charge in [0.1, 0.15) is 6.04 Å². The molecule has 0 aromatic carbocycles. The standard InChI is InChI=1S/C8H16N4O4/c1-7(9)8(13)15-6-16-10-12(14)11-4-2-3-5-11/h7H,2-6,9H2,1H3/b12-10-/t7-/m0/s1. The van der Waals surface area contributed by atoms with Crippen molar-refractivity contribution in [2.45, 2.75) is 25.8 Å². The first-order chi connectivity index (χ1) is 7.61. The van der Waals surface area contributed by atoms with Crippen LogP contribution in [0, 0.1) is 5.21 Å². The maximum Gasteiger partial charge on any atom is 0.325 e. The van der Waals surface area contributed by atoms with Crippen LogP contribution in [-0.2, 0) is 14.4 Å². The predicted molar refractivity (Wildman–Crippen MR) is 52.6 cm³/mol. The van der Waals surface area contributed by atoms with Crippen molar-refractivity contribution in [3.05, 3.63) is 5.21 Å². The van der Waals surface area contributed by atoms with Crippen LogP contribution < -0.4 is 5.73 Å². The highest BCUT2D eigenvalue weighted by Crippen LogP contribution is 2.07. The first kappa shape index (κ1) is 12.5. The highest BCUT2D eigenvalue weighted by Gasteiger charge is 2.18. The Morgan fingerprint density at radius 3 is 2.81 bits per heavy atom. The number of hydrazine groups is 1. The normalized spacial score (nSPS) is 18.4. The molecule has 0 aliphatic carbocycles. The minimum atomic E-state index is -0.717. The lowest BCUT2D eigenvalue weighted by Crippen LogP contribution is -2.30. The fourth-order valence-electron chi connectivity index (χ4n) is 1.21. The zero-order chi connectivity index (χ0) is 12.0. The molecule has 0 spiro atoms. The molecule has 0 aromatic heterocycles. The second-order valence-electron chi connectivity index (χ2n) is 3.49. The van der Waals surface area contributed by atoms with E-state index in [9.17, 15) is 10.0 Å². The highest BCUT2D eigenvalue weighted by molar-refractivity contribution is 5.74. The van der Waals surface area contributed by atoms with Gasteiger partial charge in [-0.15, -0.1) is 5.01 Å². The molecule has 1 rings (SSSR count). The molecule has 1 saturated heterocycles. The number of hydrogen-bond acceptors (Lipinski definition) is 6. The third kappa shape index (κ3) is 3.89. The maximum absolute atomic E-state index is 11.2. The SMILES string of the molecule is C[C@H](N)C(=O)OCO/N=[N+](\[O-])N1CCCC1. The summed E-state index contributed by atoms with van der Waals surface area (Å²) in [4.78, 5) is 15.8. The van der Waals surface area contributed by atoms with Crippen molar-refractivity contribution < 1.29 is 19.3 Å². The molecule has 0 saturated carbocycles. The van der Waals surface area contributed by atoms with Gasteiger partial charge in [-0.2, -0.15) is 0 Å². The van der Waals surface area contributed by atoms with E-state index < -0.39 is 18.8 Å². The van der Waals surface area contributed by atoms with Crippen LogP contribution in [0.4, 0.5) is 0 Å². The van der Waals surface area contributed by atoms with Crippen LogP contribution in [0.25, 0.3) is 0 Å². The minimum Gasteiger partial charge on any atom is -0.569 e. The lowest BCUT2D eigenvalue weighted by molar-refractivity contribution is -0.708. The average molecular weight is 232 g/mol. The monoisotopic (exact) mass is 232 g/mol. The van der Waals surface area contributed by atoms with Gasteiger partial charge in [-0.25, -0.2) is 0 Å². The molecule has 2 N–H and O–H groups in total. The van der Waals surface area contributed by atoms with Crippen molar-refractivity contribution in [1.29, 1.82) is 0 Å². The predicted octanol–water partition coefficient (Wildman–Crippen LogP) is -0.261. The lowest BCUT2D eigenvalue weighted by atomic mass is 10.4. The molecule has 8 heteroatoms. The Morgan fingerprint density at radius 1 is 1.62 bits per heavy atom. The van der Waals surface area contributed by atoms with Gasteiger partial charge < -0.3 is 20.5 Å². The van der Waals surface area contributed by atoms with Crippen molar-refractivity contribution >= 4 is 5.97 Å². The van der Waals surface area contributed by atoms with Crippen molar-refractivity contribution in [2.75, 3.05) is 19.9 Å². The van der Waals surface area contributed by atoms with E-state index in [2.05, 4.69) is 14.9 Å². The van der Waals surface area contributed by atoms with E-state index in [1.807, 2.05) is 0 Å². The second kappa shape index (κ2) is 6.11. The van der Waals surface area contributed by atoms with Crippen molar-refractivity contribution in [3.8, 4) is 0 Å². The number of hydrogen-bond donors (Lipinski definition) is 1. The van der Waals surface area contributed by atoms with E-state index in [1.165, 1.54) is 11.9 Å². The molecular weight excluding hydrogens is 216 g/mol. The number of esters is 1. The van der Waals surface area contributed by atoms with Gasteiger partial charge in [-0.1, -0.05) is 0 Å². The largest absolute Gasteiger partial charge is 0.569 e. The first-order valence-electron chi connectivity index (χ1n) is 5.08. The quantitative estimate of drug-likeness (QED) is 0.175. The molecule has 92 valence electrons. The molecule has 8 nitrogen and oxygen atoms in total. The van der Waals surface area contributed by atoms with Crippen LogP contribution in [0.15, 0.2) is 5.28 Å². The zero-order valence-electron chi connectivity index (χ0n) is 9.16. The van der Waals surface area contributed by atoms with E-state index in [1.54, 1.807) is 0 Å². The second-order valence-corrected chi connectivity index (χ2v) is 3.49. The van der Waals surface area contributed by atoms with Gasteiger partial charge >= 0.3 is 5.97 Å². The van der Waals surface area contributed by atoms with E-state index in [0.717, 1.165) is 12.8 Å².